The van der Waals surface area contributed by atoms with Gasteiger partial charge in [-0.1, -0.05) is 36.8 Å². The van der Waals surface area contributed by atoms with Crippen LogP contribution in [0.25, 0.3) is 0 Å². The van der Waals surface area contributed by atoms with E-state index in [2.05, 4.69) is 39.5 Å². The number of ether oxygens (including phenoxy) is 1. The lowest BCUT2D eigenvalue weighted by molar-refractivity contribution is -0.136. The van der Waals surface area contributed by atoms with E-state index in [1.54, 1.807) is 0 Å². The van der Waals surface area contributed by atoms with Gasteiger partial charge in [0.15, 0.2) is 0 Å². The second-order valence-corrected chi connectivity index (χ2v) is 7.80. The van der Waals surface area contributed by atoms with E-state index in [0.717, 1.165) is 37.7 Å². The quantitative estimate of drug-likeness (QED) is 0.489. The number of carbonyl (C=O) groups excluding carboxylic acids is 1. The van der Waals surface area contributed by atoms with Crippen LogP contribution in [0.2, 0.25) is 0 Å². The molecule has 2 heteroatoms. The van der Waals surface area contributed by atoms with Gasteiger partial charge < -0.3 is 4.74 Å². The van der Waals surface area contributed by atoms with Crippen molar-refractivity contribution in [1.82, 2.24) is 0 Å². The van der Waals surface area contributed by atoms with Crippen molar-refractivity contribution in [1.29, 1.82) is 0 Å². The van der Waals surface area contributed by atoms with Crippen molar-refractivity contribution in [3.8, 4) is 0 Å². The average molecular weight is 316 g/mol. The number of allylic oxidation sites excluding steroid dienone is 4. The van der Waals surface area contributed by atoms with Crippen LogP contribution in [0, 0.1) is 17.3 Å². The number of hydrogen-bond donors (Lipinski definition) is 0. The first-order chi connectivity index (χ1) is 10.9. The van der Waals surface area contributed by atoms with E-state index in [1.807, 2.05) is 0 Å². The van der Waals surface area contributed by atoms with Gasteiger partial charge in [0, 0.05) is 5.57 Å². The maximum atomic E-state index is 12.1. The van der Waals surface area contributed by atoms with Gasteiger partial charge in [0.2, 0.25) is 0 Å². The minimum atomic E-state index is -0.155. The fraction of sp³-hybridized carbons (Fsp3) is 0.667. The van der Waals surface area contributed by atoms with Crippen LogP contribution in [0.4, 0.5) is 0 Å². The Morgan fingerprint density at radius 1 is 1.30 bits per heavy atom. The van der Waals surface area contributed by atoms with E-state index in [1.165, 1.54) is 31.1 Å². The third-order valence-corrected chi connectivity index (χ3v) is 6.06. The first kappa shape index (κ1) is 18.0. The zero-order valence-electron chi connectivity index (χ0n) is 15.3. The predicted molar refractivity (Wildman–Crippen MR) is 96.1 cm³/mol. The molecule has 0 aromatic rings. The summed E-state index contributed by atoms with van der Waals surface area (Å²) in [7, 11) is 1.48. The highest BCUT2D eigenvalue weighted by atomic mass is 16.5. The molecule has 0 saturated heterocycles. The summed E-state index contributed by atoms with van der Waals surface area (Å²) in [5.74, 6) is 1.04. The van der Waals surface area contributed by atoms with E-state index in [0.29, 0.717) is 17.3 Å². The molecule has 0 aromatic carbocycles. The van der Waals surface area contributed by atoms with E-state index in [4.69, 9.17) is 4.74 Å². The molecule has 0 amide bonds. The summed E-state index contributed by atoms with van der Waals surface area (Å²) < 4.78 is 4.99. The van der Waals surface area contributed by atoms with Gasteiger partial charge >= 0.3 is 5.97 Å². The molecule has 23 heavy (non-hydrogen) atoms. The van der Waals surface area contributed by atoms with Crippen molar-refractivity contribution in [2.75, 3.05) is 7.11 Å². The first-order valence-corrected chi connectivity index (χ1v) is 8.96. The van der Waals surface area contributed by atoms with Crippen molar-refractivity contribution in [3.05, 3.63) is 35.5 Å². The number of carbonyl (C=O) groups is 1. The molecule has 2 aliphatic rings. The Hall–Kier alpha value is -1.31. The topological polar surface area (TPSA) is 26.3 Å². The Morgan fingerprint density at radius 2 is 2.04 bits per heavy atom. The molecule has 2 nitrogen and oxygen atoms in total. The van der Waals surface area contributed by atoms with E-state index >= 15 is 0 Å². The normalized spacial score (nSPS) is 36.7. The zero-order valence-corrected chi connectivity index (χ0v) is 15.3. The lowest BCUT2D eigenvalue weighted by Crippen LogP contribution is -2.26. The molecule has 2 rings (SSSR count). The van der Waals surface area contributed by atoms with Crippen molar-refractivity contribution >= 4 is 5.97 Å². The highest BCUT2D eigenvalue weighted by Crippen LogP contribution is 2.53. The number of esters is 1. The SMILES string of the molecule is C=C(C)[C@H]1CC[C@]2(C)C/C=C(\C)CC/C=C(\C(=O)OC)CC[C@@H]12. The van der Waals surface area contributed by atoms with Crippen molar-refractivity contribution in [2.24, 2.45) is 17.3 Å². The third-order valence-electron chi connectivity index (χ3n) is 6.06. The number of hydrogen-bond acceptors (Lipinski definition) is 2. The molecular formula is C21H32O2. The van der Waals surface area contributed by atoms with Crippen LogP contribution < -0.4 is 0 Å². The molecule has 0 spiro atoms. The van der Waals surface area contributed by atoms with Crippen LogP contribution in [0.15, 0.2) is 35.5 Å². The molecule has 2 aliphatic carbocycles. The summed E-state index contributed by atoms with van der Waals surface area (Å²) in [6, 6.07) is 0. The largest absolute Gasteiger partial charge is 0.466 e. The second kappa shape index (κ2) is 7.51. The van der Waals surface area contributed by atoms with Gasteiger partial charge in [0.25, 0.3) is 0 Å². The summed E-state index contributed by atoms with van der Waals surface area (Å²) in [5, 5.41) is 0. The Kier molecular flexibility index (Phi) is 5.89. The van der Waals surface area contributed by atoms with E-state index in [9.17, 15) is 4.79 Å². The summed E-state index contributed by atoms with van der Waals surface area (Å²) >= 11 is 0. The monoisotopic (exact) mass is 316 g/mol. The summed E-state index contributed by atoms with van der Waals surface area (Å²) in [6.07, 6.45) is 12.0. The van der Waals surface area contributed by atoms with Gasteiger partial charge in [0.05, 0.1) is 7.11 Å². The molecule has 0 bridgehead atoms. The lowest BCUT2D eigenvalue weighted by atomic mass is 9.70. The zero-order chi connectivity index (χ0) is 17.0. The van der Waals surface area contributed by atoms with E-state index in [-0.39, 0.29) is 5.97 Å². The summed E-state index contributed by atoms with van der Waals surface area (Å²) in [6.45, 7) is 11.1. The highest BCUT2D eigenvalue weighted by Gasteiger charge is 2.44. The Morgan fingerprint density at radius 3 is 2.70 bits per heavy atom. The smallest absolute Gasteiger partial charge is 0.333 e. The van der Waals surface area contributed by atoms with Crippen LogP contribution in [0.3, 0.4) is 0 Å². The van der Waals surface area contributed by atoms with Crippen molar-refractivity contribution < 1.29 is 9.53 Å². The third kappa shape index (κ3) is 4.16. The molecular weight excluding hydrogens is 284 g/mol. The summed E-state index contributed by atoms with van der Waals surface area (Å²) in [4.78, 5) is 12.1. The van der Waals surface area contributed by atoms with Crippen LogP contribution in [-0.4, -0.2) is 13.1 Å². The average Bonchev–Trinajstić information content (AvgIpc) is 2.84. The highest BCUT2D eigenvalue weighted by molar-refractivity contribution is 5.88. The van der Waals surface area contributed by atoms with E-state index < -0.39 is 0 Å². The van der Waals surface area contributed by atoms with Gasteiger partial charge in [-0.05, 0) is 76.0 Å². The van der Waals surface area contributed by atoms with Gasteiger partial charge in [-0.25, -0.2) is 4.79 Å². The van der Waals surface area contributed by atoms with Gasteiger partial charge in [-0.15, -0.1) is 0 Å². The first-order valence-electron chi connectivity index (χ1n) is 8.96. The molecule has 3 atom stereocenters. The molecule has 0 radical (unpaired) electrons. The Labute approximate surface area is 141 Å². The fourth-order valence-corrected chi connectivity index (χ4v) is 4.46. The maximum absolute atomic E-state index is 12.1. The minimum Gasteiger partial charge on any atom is -0.466 e. The van der Waals surface area contributed by atoms with Crippen LogP contribution in [0.5, 0.6) is 0 Å². The second-order valence-electron chi connectivity index (χ2n) is 7.80. The molecule has 1 saturated carbocycles. The lowest BCUT2D eigenvalue weighted by Gasteiger charge is -2.34. The molecule has 0 aromatic heterocycles. The predicted octanol–water partition coefficient (Wildman–Crippen LogP) is 5.60. The summed E-state index contributed by atoms with van der Waals surface area (Å²) in [5.41, 5.74) is 3.93. The van der Waals surface area contributed by atoms with Crippen LogP contribution in [0.1, 0.15) is 65.7 Å². The maximum Gasteiger partial charge on any atom is 0.333 e. The Balaban J connectivity index is 2.30. The minimum absolute atomic E-state index is 0.155. The van der Waals surface area contributed by atoms with Crippen LogP contribution >= 0.6 is 0 Å². The van der Waals surface area contributed by atoms with Gasteiger partial charge in [-0.3, -0.25) is 0 Å². The molecule has 0 N–H and O–H groups in total. The molecule has 1 fully saturated rings. The van der Waals surface area contributed by atoms with Crippen LogP contribution in [-0.2, 0) is 9.53 Å². The number of fused-ring (bicyclic) bond motifs is 1. The number of methoxy groups -OCH3 is 1. The molecule has 0 heterocycles. The number of rotatable bonds is 2. The molecule has 0 aliphatic heterocycles. The fourth-order valence-electron chi connectivity index (χ4n) is 4.46. The standard InChI is InChI=1S/C21H32O2/c1-15(2)18-12-14-21(4)13-11-16(3)7-6-8-17(20(22)23-5)9-10-19(18)21/h8,11,18-19H,1,6-7,9-10,12-14H2,2-5H3/b16-11+,17-8-/t18-,19+,21+/m1/s1. The Bertz CT molecular complexity index is 526. The molecule has 0 unspecified atom stereocenters. The van der Waals surface area contributed by atoms with Gasteiger partial charge in [0.1, 0.15) is 0 Å². The van der Waals surface area contributed by atoms with Gasteiger partial charge in [-0.2, -0.15) is 0 Å². The molecule has 128 valence electrons. The van der Waals surface area contributed by atoms with Crippen molar-refractivity contribution in [3.63, 3.8) is 0 Å². The van der Waals surface area contributed by atoms with Crippen molar-refractivity contribution in [2.45, 2.75) is 65.7 Å².